The van der Waals surface area contributed by atoms with E-state index in [4.69, 9.17) is 4.74 Å². The standard InChI is InChI=1S/C22H25N5O2/c1-15(2)29-20-11-7-18(8-12-20)26-22-23-13-16(14-24-22)21(28)25-17-5-9-19(10-6-17)27(3)4/h5-15H,1-4H3,(H,25,28)(H,23,24,26). The summed E-state index contributed by atoms with van der Waals surface area (Å²) in [7, 11) is 3.93. The third-order valence-corrected chi connectivity index (χ3v) is 4.04. The van der Waals surface area contributed by atoms with Gasteiger partial charge in [-0.2, -0.15) is 0 Å². The number of anilines is 4. The van der Waals surface area contributed by atoms with E-state index in [9.17, 15) is 4.79 Å². The molecule has 0 aliphatic rings. The van der Waals surface area contributed by atoms with Gasteiger partial charge in [0.15, 0.2) is 0 Å². The SMILES string of the molecule is CC(C)Oc1ccc(Nc2ncc(C(=O)Nc3ccc(N(C)C)cc3)cn2)cc1. The molecule has 3 rings (SSSR count). The first kappa shape index (κ1) is 20.1. The van der Waals surface area contributed by atoms with Crippen molar-refractivity contribution in [2.24, 2.45) is 0 Å². The van der Waals surface area contributed by atoms with Crippen LogP contribution in [0.3, 0.4) is 0 Å². The van der Waals surface area contributed by atoms with E-state index in [-0.39, 0.29) is 12.0 Å². The van der Waals surface area contributed by atoms with Crippen molar-refractivity contribution >= 4 is 28.9 Å². The first-order valence-electron chi connectivity index (χ1n) is 9.35. The number of carbonyl (C=O) groups is 1. The maximum atomic E-state index is 12.4. The lowest BCUT2D eigenvalue weighted by molar-refractivity contribution is 0.102. The van der Waals surface area contributed by atoms with E-state index < -0.39 is 0 Å². The molecule has 0 fully saturated rings. The summed E-state index contributed by atoms with van der Waals surface area (Å²) in [5.74, 6) is 0.954. The number of ether oxygens (including phenoxy) is 1. The molecule has 0 aliphatic heterocycles. The molecule has 0 saturated heterocycles. The Morgan fingerprint density at radius 3 is 2.07 bits per heavy atom. The van der Waals surface area contributed by atoms with Crippen molar-refractivity contribution in [1.82, 2.24) is 9.97 Å². The smallest absolute Gasteiger partial charge is 0.258 e. The maximum Gasteiger partial charge on any atom is 0.258 e. The van der Waals surface area contributed by atoms with Gasteiger partial charge in [-0.1, -0.05) is 0 Å². The molecule has 0 spiro atoms. The Kier molecular flexibility index (Phi) is 6.29. The molecule has 7 nitrogen and oxygen atoms in total. The lowest BCUT2D eigenvalue weighted by atomic mass is 10.2. The second-order valence-corrected chi connectivity index (χ2v) is 7.01. The van der Waals surface area contributed by atoms with Crippen molar-refractivity contribution in [3.8, 4) is 5.75 Å². The average Bonchev–Trinajstić information content (AvgIpc) is 2.70. The average molecular weight is 391 g/mol. The molecular formula is C22H25N5O2. The van der Waals surface area contributed by atoms with Crippen LogP contribution in [0.15, 0.2) is 60.9 Å². The number of carbonyl (C=O) groups excluding carboxylic acids is 1. The summed E-state index contributed by atoms with van der Waals surface area (Å²) in [6.45, 7) is 3.97. The quantitative estimate of drug-likeness (QED) is 0.624. The van der Waals surface area contributed by atoms with Crippen molar-refractivity contribution in [1.29, 1.82) is 0 Å². The largest absolute Gasteiger partial charge is 0.491 e. The third-order valence-electron chi connectivity index (χ3n) is 4.04. The van der Waals surface area contributed by atoms with Gasteiger partial charge in [0.2, 0.25) is 5.95 Å². The highest BCUT2D eigenvalue weighted by Crippen LogP contribution is 2.19. The lowest BCUT2D eigenvalue weighted by Crippen LogP contribution is -2.13. The first-order chi connectivity index (χ1) is 13.9. The Hall–Kier alpha value is -3.61. The molecular weight excluding hydrogens is 366 g/mol. The topological polar surface area (TPSA) is 79.4 Å². The summed E-state index contributed by atoms with van der Waals surface area (Å²) in [6, 6.07) is 15.1. The molecule has 150 valence electrons. The molecule has 0 unspecified atom stereocenters. The maximum absolute atomic E-state index is 12.4. The highest BCUT2D eigenvalue weighted by atomic mass is 16.5. The second kappa shape index (κ2) is 9.05. The molecule has 2 N–H and O–H groups in total. The van der Waals surface area contributed by atoms with Gasteiger partial charge in [-0.15, -0.1) is 0 Å². The summed E-state index contributed by atoms with van der Waals surface area (Å²) in [5.41, 5.74) is 2.99. The van der Waals surface area contributed by atoms with E-state index in [1.54, 1.807) is 0 Å². The van der Waals surface area contributed by atoms with Crippen LogP contribution in [0.25, 0.3) is 0 Å². The van der Waals surface area contributed by atoms with Gasteiger partial charge in [-0.25, -0.2) is 9.97 Å². The molecule has 0 radical (unpaired) electrons. The van der Waals surface area contributed by atoms with Gasteiger partial charge in [0.05, 0.1) is 11.7 Å². The summed E-state index contributed by atoms with van der Waals surface area (Å²) in [6.07, 6.45) is 3.12. The van der Waals surface area contributed by atoms with Crippen LogP contribution in [0.2, 0.25) is 0 Å². The number of benzene rings is 2. The van der Waals surface area contributed by atoms with Crippen molar-refractivity contribution in [2.75, 3.05) is 29.6 Å². The number of hydrogen-bond acceptors (Lipinski definition) is 6. The molecule has 0 saturated carbocycles. The number of amides is 1. The molecule has 2 aromatic carbocycles. The van der Waals surface area contributed by atoms with Gasteiger partial charge in [0, 0.05) is 43.6 Å². The summed E-state index contributed by atoms with van der Waals surface area (Å²) in [5, 5.41) is 5.95. The number of hydrogen-bond donors (Lipinski definition) is 2. The van der Waals surface area contributed by atoms with Crippen LogP contribution in [0.4, 0.5) is 23.0 Å². The number of rotatable bonds is 7. The third kappa shape index (κ3) is 5.68. The van der Waals surface area contributed by atoms with Gasteiger partial charge in [0.25, 0.3) is 5.91 Å². The monoisotopic (exact) mass is 391 g/mol. The molecule has 0 aliphatic carbocycles. The van der Waals surface area contributed by atoms with E-state index in [0.717, 1.165) is 17.1 Å². The zero-order valence-electron chi connectivity index (χ0n) is 17.0. The molecule has 0 bridgehead atoms. The Labute approximate surface area is 170 Å². The highest BCUT2D eigenvalue weighted by molar-refractivity contribution is 6.04. The number of nitrogens with zero attached hydrogens (tertiary/aromatic N) is 3. The van der Waals surface area contributed by atoms with Crippen LogP contribution in [-0.4, -0.2) is 36.1 Å². The van der Waals surface area contributed by atoms with E-state index in [1.807, 2.05) is 81.4 Å². The Morgan fingerprint density at radius 2 is 1.52 bits per heavy atom. The van der Waals surface area contributed by atoms with Crippen LogP contribution < -0.4 is 20.3 Å². The van der Waals surface area contributed by atoms with E-state index in [0.29, 0.717) is 17.2 Å². The van der Waals surface area contributed by atoms with Crippen LogP contribution in [0.5, 0.6) is 5.75 Å². The summed E-state index contributed by atoms with van der Waals surface area (Å²) in [4.78, 5) is 22.8. The Bertz CT molecular complexity index is 936. The van der Waals surface area contributed by atoms with E-state index >= 15 is 0 Å². The minimum atomic E-state index is -0.260. The van der Waals surface area contributed by atoms with Crippen LogP contribution in [0, 0.1) is 0 Å². The first-order valence-corrected chi connectivity index (χ1v) is 9.35. The predicted octanol–water partition coefficient (Wildman–Crippen LogP) is 4.33. The summed E-state index contributed by atoms with van der Waals surface area (Å²) >= 11 is 0. The van der Waals surface area contributed by atoms with Crippen LogP contribution in [0.1, 0.15) is 24.2 Å². The fourth-order valence-electron chi connectivity index (χ4n) is 2.57. The van der Waals surface area contributed by atoms with Gasteiger partial charge >= 0.3 is 0 Å². The fourth-order valence-corrected chi connectivity index (χ4v) is 2.57. The van der Waals surface area contributed by atoms with Crippen LogP contribution in [-0.2, 0) is 0 Å². The minimum absolute atomic E-state index is 0.127. The van der Waals surface area contributed by atoms with Crippen molar-refractivity contribution in [2.45, 2.75) is 20.0 Å². The molecule has 0 atom stereocenters. The normalized spacial score (nSPS) is 10.5. The highest BCUT2D eigenvalue weighted by Gasteiger charge is 2.08. The summed E-state index contributed by atoms with van der Waals surface area (Å²) < 4.78 is 5.62. The number of nitrogens with one attached hydrogen (secondary N) is 2. The van der Waals surface area contributed by atoms with Crippen molar-refractivity contribution < 1.29 is 9.53 Å². The number of aromatic nitrogens is 2. The zero-order chi connectivity index (χ0) is 20.8. The van der Waals surface area contributed by atoms with Gasteiger partial charge in [-0.05, 0) is 62.4 Å². The Morgan fingerprint density at radius 1 is 0.931 bits per heavy atom. The predicted molar refractivity (Wildman–Crippen MR) is 116 cm³/mol. The van der Waals surface area contributed by atoms with E-state index in [1.165, 1.54) is 12.4 Å². The second-order valence-electron chi connectivity index (χ2n) is 7.01. The van der Waals surface area contributed by atoms with Crippen LogP contribution >= 0.6 is 0 Å². The minimum Gasteiger partial charge on any atom is -0.491 e. The van der Waals surface area contributed by atoms with Crippen molar-refractivity contribution in [3.05, 3.63) is 66.5 Å². The van der Waals surface area contributed by atoms with Gasteiger partial charge < -0.3 is 20.3 Å². The molecule has 1 heterocycles. The van der Waals surface area contributed by atoms with Gasteiger partial charge in [-0.3, -0.25) is 4.79 Å². The van der Waals surface area contributed by atoms with E-state index in [2.05, 4.69) is 20.6 Å². The molecule has 3 aromatic rings. The molecule has 29 heavy (non-hydrogen) atoms. The van der Waals surface area contributed by atoms with Crippen molar-refractivity contribution in [3.63, 3.8) is 0 Å². The molecule has 1 amide bonds. The fraction of sp³-hybridized carbons (Fsp3) is 0.227. The molecule has 1 aromatic heterocycles. The lowest BCUT2D eigenvalue weighted by Gasteiger charge is -2.13. The van der Waals surface area contributed by atoms with Gasteiger partial charge in [0.1, 0.15) is 5.75 Å². The molecule has 7 heteroatoms. The Balaban J connectivity index is 1.59. The zero-order valence-corrected chi connectivity index (χ0v) is 17.0.